The normalized spacial score (nSPS) is 21.5. The lowest BCUT2D eigenvalue weighted by molar-refractivity contribution is -0.121. The zero-order valence-electron chi connectivity index (χ0n) is 15.5. The van der Waals surface area contributed by atoms with E-state index in [1.54, 1.807) is 7.05 Å². The highest BCUT2D eigenvalue weighted by Gasteiger charge is 2.17. The molecule has 1 saturated carbocycles. The predicted molar refractivity (Wildman–Crippen MR) is 98.7 cm³/mol. The highest BCUT2D eigenvalue weighted by atomic mass is 16.5. The molecule has 1 saturated heterocycles. The van der Waals surface area contributed by atoms with Crippen LogP contribution in [0, 0.1) is 5.92 Å². The van der Waals surface area contributed by atoms with Crippen LogP contribution in [0.2, 0.25) is 0 Å². The van der Waals surface area contributed by atoms with Crippen LogP contribution in [0.4, 0.5) is 0 Å². The number of carbonyl (C=O) groups is 1. The molecule has 0 aromatic rings. The van der Waals surface area contributed by atoms with Gasteiger partial charge in [-0.3, -0.25) is 9.79 Å². The third kappa shape index (κ3) is 8.54. The average molecular weight is 354 g/mol. The molecule has 7 heteroatoms. The Morgan fingerprint density at radius 3 is 2.72 bits per heavy atom. The highest BCUT2D eigenvalue weighted by Crippen LogP contribution is 2.17. The Kier molecular flexibility index (Phi) is 9.66. The summed E-state index contributed by atoms with van der Waals surface area (Å²) in [5.41, 5.74) is 0. The van der Waals surface area contributed by atoms with Crippen molar-refractivity contribution in [2.75, 3.05) is 46.6 Å². The number of hydrogen-bond acceptors (Lipinski definition) is 4. The topological polar surface area (TPSA) is 84.0 Å². The Labute approximate surface area is 151 Å². The molecular formula is C18H34N4O3. The maximum absolute atomic E-state index is 11.9. The molecule has 1 atom stereocenters. The molecule has 1 heterocycles. The number of amides is 1. The van der Waals surface area contributed by atoms with Crippen molar-refractivity contribution in [2.45, 2.75) is 51.0 Å². The lowest BCUT2D eigenvalue weighted by Crippen LogP contribution is -2.40. The van der Waals surface area contributed by atoms with E-state index in [1.807, 2.05) is 0 Å². The summed E-state index contributed by atoms with van der Waals surface area (Å²) in [6.07, 6.45) is 7.23. The van der Waals surface area contributed by atoms with E-state index in [2.05, 4.69) is 20.9 Å². The SMILES string of the molecule is CN=C(NCCCOCC1CCOC1)NCCC(=O)NC1CCCC1. The monoisotopic (exact) mass is 354 g/mol. The Balaban J connectivity index is 1.43. The van der Waals surface area contributed by atoms with Crippen molar-refractivity contribution in [2.24, 2.45) is 10.9 Å². The number of ether oxygens (including phenoxy) is 2. The first-order valence-corrected chi connectivity index (χ1v) is 9.67. The second-order valence-electron chi connectivity index (χ2n) is 6.88. The zero-order chi connectivity index (χ0) is 17.7. The molecule has 0 aromatic heterocycles. The molecular weight excluding hydrogens is 320 g/mol. The van der Waals surface area contributed by atoms with Crippen molar-refractivity contribution < 1.29 is 14.3 Å². The summed E-state index contributed by atoms with van der Waals surface area (Å²) < 4.78 is 11.0. The first-order chi connectivity index (χ1) is 12.3. The largest absolute Gasteiger partial charge is 0.381 e. The molecule has 1 aliphatic carbocycles. The van der Waals surface area contributed by atoms with E-state index < -0.39 is 0 Å². The van der Waals surface area contributed by atoms with Gasteiger partial charge in [0.2, 0.25) is 5.91 Å². The standard InChI is InChI=1S/C18H34N4O3/c1-19-18(20-9-4-11-24-13-15-8-12-25-14-15)21-10-7-17(23)22-16-5-2-3-6-16/h15-16H,2-14H2,1H3,(H,22,23)(H2,19,20,21). The Morgan fingerprint density at radius 2 is 2.00 bits per heavy atom. The molecule has 0 bridgehead atoms. The molecule has 0 spiro atoms. The average Bonchev–Trinajstić information content (AvgIpc) is 3.30. The Bertz CT molecular complexity index is 405. The molecule has 25 heavy (non-hydrogen) atoms. The van der Waals surface area contributed by atoms with Gasteiger partial charge in [0, 0.05) is 51.7 Å². The second-order valence-corrected chi connectivity index (χ2v) is 6.88. The van der Waals surface area contributed by atoms with Gasteiger partial charge in [-0.1, -0.05) is 12.8 Å². The first kappa shape index (κ1) is 20.0. The van der Waals surface area contributed by atoms with Gasteiger partial charge in [0.05, 0.1) is 13.2 Å². The van der Waals surface area contributed by atoms with Crippen molar-refractivity contribution in [3.05, 3.63) is 0 Å². The van der Waals surface area contributed by atoms with Gasteiger partial charge < -0.3 is 25.4 Å². The summed E-state index contributed by atoms with van der Waals surface area (Å²) in [6.45, 7) is 4.64. The lowest BCUT2D eigenvalue weighted by Gasteiger charge is -2.14. The van der Waals surface area contributed by atoms with E-state index in [0.29, 0.717) is 24.9 Å². The minimum absolute atomic E-state index is 0.124. The Morgan fingerprint density at radius 1 is 1.20 bits per heavy atom. The minimum atomic E-state index is 0.124. The van der Waals surface area contributed by atoms with Crippen LogP contribution < -0.4 is 16.0 Å². The van der Waals surface area contributed by atoms with Crippen LogP contribution in [-0.4, -0.2) is 64.5 Å². The van der Waals surface area contributed by atoms with Crippen molar-refractivity contribution in [3.63, 3.8) is 0 Å². The van der Waals surface area contributed by atoms with Crippen LogP contribution in [0.15, 0.2) is 4.99 Å². The van der Waals surface area contributed by atoms with Gasteiger partial charge in [-0.05, 0) is 25.7 Å². The smallest absolute Gasteiger partial charge is 0.221 e. The van der Waals surface area contributed by atoms with Crippen molar-refractivity contribution >= 4 is 11.9 Å². The number of nitrogens with zero attached hydrogens (tertiary/aromatic N) is 1. The van der Waals surface area contributed by atoms with Crippen LogP contribution in [0.25, 0.3) is 0 Å². The van der Waals surface area contributed by atoms with Gasteiger partial charge in [0.25, 0.3) is 0 Å². The van der Waals surface area contributed by atoms with Gasteiger partial charge in [-0.2, -0.15) is 0 Å². The molecule has 1 unspecified atom stereocenters. The van der Waals surface area contributed by atoms with Gasteiger partial charge in [-0.15, -0.1) is 0 Å². The molecule has 2 aliphatic rings. The summed E-state index contributed by atoms with van der Waals surface area (Å²) in [6, 6.07) is 0.390. The molecule has 3 N–H and O–H groups in total. The maximum atomic E-state index is 11.9. The molecule has 1 amide bonds. The maximum Gasteiger partial charge on any atom is 0.221 e. The predicted octanol–water partition coefficient (Wildman–Crippen LogP) is 1.04. The third-order valence-corrected chi connectivity index (χ3v) is 4.72. The van der Waals surface area contributed by atoms with Gasteiger partial charge in [0.1, 0.15) is 0 Å². The number of carbonyl (C=O) groups excluding carboxylic acids is 1. The van der Waals surface area contributed by atoms with Crippen molar-refractivity contribution in [1.82, 2.24) is 16.0 Å². The number of hydrogen-bond donors (Lipinski definition) is 3. The summed E-state index contributed by atoms with van der Waals surface area (Å²) in [4.78, 5) is 16.0. The number of aliphatic imine (C=N–C) groups is 1. The molecule has 144 valence electrons. The molecule has 7 nitrogen and oxygen atoms in total. The fourth-order valence-corrected chi connectivity index (χ4v) is 3.23. The minimum Gasteiger partial charge on any atom is -0.381 e. The first-order valence-electron chi connectivity index (χ1n) is 9.67. The third-order valence-electron chi connectivity index (χ3n) is 4.72. The summed E-state index contributed by atoms with van der Waals surface area (Å²) in [5.74, 6) is 1.43. The lowest BCUT2D eigenvalue weighted by atomic mass is 10.1. The molecule has 2 fully saturated rings. The fourth-order valence-electron chi connectivity index (χ4n) is 3.23. The number of rotatable bonds is 10. The number of nitrogens with one attached hydrogen (secondary N) is 3. The quantitative estimate of drug-likeness (QED) is 0.310. The van der Waals surface area contributed by atoms with E-state index in [1.165, 1.54) is 12.8 Å². The summed E-state index contributed by atoms with van der Waals surface area (Å²) in [7, 11) is 1.74. The van der Waals surface area contributed by atoms with Crippen molar-refractivity contribution in [1.29, 1.82) is 0 Å². The van der Waals surface area contributed by atoms with E-state index in [4.69, 9.17) is 9.47 Å². The van der Waals surface area contributed by atoms with Crippen LogP contribution in [-0.2, 0) is 14.3 Å². The molecule has 2 rings (SSSR count). The van der Waals surface area contributed by atoms with E-state index >= 15 is 0 Å². The molecule has 1 aliphatic heterocycles. The van der Waals surface area contributed by atoms with Crippen molar-refractivity contribution in [3.8, 4) is 0 Å². The van der Waals surface area contributed by atoms with Gasteiger partial charge in [-0.25, -0.2) is 0 Å². The van der Waals surface area contributed by atoms with Gasteiger partial charge in [0.15, 0.2) is 5.96 Å². The zero-order valence-corrected chi connectivity index (χ0v) is 15.5. The van der Waals surface area contributed by atoms with Crippen LogP contribution in [0.1, 0.15) is 44.9 Å². The number of guanidine groups is 1. The molecule has 0 radical (unpaired) electrons. The van der Waals surface area contributed by atoms with Gasteiger partial charge >= 0.3 is 0 Å². The summed E-state index contributed by atoms with van der Waals surface area (Å²) >= 11 is 0. The van der Waals surface area contributed by atoms with Crippen LogP contribution >= 0.6 is 0 Å². The van der Waals surface area contributed by atoms with E-state index in [0.717, 1.165) is 64.6 Å². The van der Waals surface area contributed by atoms with Crippen LogP contribution in [0.5, 0.6) is 0 Å². The molecule has 0 aromatic carbocycles. The van der Waals surface area contributed by atoms with Crippen LogP contribution in [0.3, 0.4) is 0 Å². The van der Waals surface area contributed by atoms with E-state index in [-0.39, 0.29) is 5.91 Å². The highest BCUT2D eigenvalue weighted by molar-refractivity contribution is 5.81. The fraction of sp³-hybridized carbons (Fsp3) is 0.889. The summed E-state index contributed by atoms with van der Waals surface area (Å²) in [5, 5.41) is 9.52. The van der Waals surface area contributed by atoms with E-state index in [9.17, 15) is 4.79 Å². The second kappa shape index (κ2) is 12.1. The Hall–Kier alpha value is -1.34.